The number of ether oxygens (including phenoxy) is 1. The lowest BCUT2D eigenvalue weighted by atomic mass is 9.86. The fourth-order valence-corrected chi connectivity index (χ4v) is 4.08. The highest BCUT2D eigenvalue weighted by Crippen LogP contribution is 2.31. The van der Waals surface area contributed by atoms with Crippen LogP contribution in [0.1, 0.15) is 69.1 Å². The molecule has 31 heavy (non-hydrogen) atoms. The van der Waals surface area contributed by atoms with Gasteiger partial charge in [-0.2, -0.15) is 4.39 Å². The second kappa shape index (κ2) is 11.8. The maximum atomic E-state index is 14.3. The van der Waals surface area contributed by atoms with Crippen molar-refractivity contribution in [3.63, 3.8) is 0 Å². The van der Waals surface area contributed by atoms with Gasteiger partial charge in [0.1, 0.15) is 0 Å². The van der Waals surface area contributed by atoms with Crippen LogP contribution >= 0.6 is 0 Å². The summed E-state index contributed by atoms with van der Waals surface area (Å²) in [6, 6.07) is 12.2. The third kappa shape index (κ3) is 6.53. The van der Waals surface area contributed by atoms with E-state index in [1.165, 1.54) is 29.2 Å². The van der Waals surface area contributed by atoms with Crippen LogP contribution in [0, 0.1) is 17.6 Å². The summed E-state index contributed by atoms with van der Waals surface area (Å²) in [6.07, 6.45) is 14.2. The van der Waals surface area contributed by atoms with Crippen LogP contribution in [0.25, 0.3) is 5.57 Å². The van der Waals surface area contributed by atoms with Crippen molar-refractivity contribution in [1.82, 2.24) is 0 Å². The number of allylic oxidation sites excluding steroid dienone is 4. The summed E-state index contributed by atoms with van der Waals surface area (Å²) in [7, 11) is 0. The van der Waals surface area contributed by atoms with E-state index >= 15 is 0 Å². The monoisotopic (exact) mass is 424 g/mol. The smallest absolute Gasteiger partial charge is 0.200 e. The summed E-state index contributed by atoms with van der Waals surface area (Å²) in [5, 5.41) is 0. The fraction of sp³-hybridized carbons (Fsp3) is 0.429. The predicted octanol–water partition coefficient (Wildman–Crippen LogP) is 8.08. The van der Waals surface area contributed by atoms with Crippen molar-refractivity contribution >= 4 is 5.57 Å². The highest BCUT2D eigenvalue weighted by Gasteiger charge is 2.15. The van der Waals surface area contributed by atoms with Crippen LogP contribution in [0.4, 0.5) is 8.78 Å². The van der Waals surface area contributed by atoms with E-state index < -0.39 is 11.6 Å². The van der Waals surface area contributed by atoms with E-state index in [1.807, 2.05) is 6.92 Å². The van der Waals surface area contributed by atoms with Crippen molar-refractivity contribution in [2.45, 2.75) is 65.2 Å². The lowest BCUT2D eigenvalue weighted by Crippen LogP contribution is -2.03. The van der Waals surface area contributed by atoms with Gasteiger partial charge in [-0.15, -0.1) is 0 Å². The third-order valence-corrected chi connectivity index (χ3v) is 5.89. The molecule has 0 fully saturated rings. The molecule has 0 bridgehead atoms. The van der Waals surface area contributed by atoms with E-state index in [0.717, 1.165) is 32.1 Å². The topological polar surface area (TPSA) is 9.23 Å². The van der Waals surface area contributed by atoms with Gasteiger partial charge in [0.05, 0.1) is 6.61 Å². The maximum Gasteiger partial charge on any atom is 0.200 e. The van der Waals surface area contributed by atoms with Crippen LogP contribution in [-0.2, 0) is 12.8 Å². The molecule has 0 amide bonds. The minimum atomic E-state index is -0.873. The van der Waals surface area contributed by atoms with Gasteiger partial charge in [-0.3, -0.25) is 0 Å². The Morgan fingerprint density at radius 3 is 2.45 bits per heavy atom. The molecule has 3 rings (SSSR count). The first-order valence-electron chi connectivity index (χ1n) is 11.7. The number of halogens is 2. The molecule has 1 atom stereocenters. The largest absolute Gasteiger partial charge is 0.490 e. The van der Waals surface area contributed by atoms with Gasteiger partial charge in [0, 0.05) is 0 Å². The predicted molar refractivity (Wildman–Crippen MR) is 125 cm³/mol. The summed E-state index contributed by atoms with van der Waals surface area (Å²) in [5.41, 5.74) is 4.59. The molecular formula is C28H34F2O. The zero-order chi connectivity index (χ0) is 22.1. The standard InChI is InChI=1S/C28H34F2O/c1-3-7-21-10-14-23(15-11-21)24-16-12-22(13-17-24)8-5-6-9-25-18-19-26(31-20-4-2)28(30)27(25)29/h5,8,10-11,14-16,18-19,22H,3-4,6-7,9,12-13,17,20H2,1-2H3/b8-5+. The molecule has 0 heterocycles. The molecule has 2 aromatic carbocycles. The Bertz CT molecular complexity index is 896. The third-order valence-electron chi connectivity index (χ3n) is 5.89. The van der Waals surface area contributed by atoms with Gasteiger partial charge < -0.3 is 4.74 Å². The van der Waals surface area contributed by atoms with Crippen molar-refractivity contribution in [3.05, 3.63) is 83.0 Å². The highest BCUT2D eigenvalue weighted by atomic mass is 19.2. The van der Waals surface area contributed by atoms with Crippen molar-refractivity contribution in [2.75, 3.05) is 6.61 Å². The molecule has 0 radical (unpaired) electrons. The minimum absolute atomic E-state index is 0.00319. The van der Waals surface area contributed by atoms with Crippen molar-refractivity contribution in [3.8, 4) is 5.75 Å². The van der Waals surface area contributed by atoms with Crippen LogP contribution in [0.15, 0.2) is 54.6 Å². The molecule has 1 nitrogen and oxygen atoms in total. The van der Waals surface area contributed by atoms with Gasteiger partial charge in [0.2, 0.25) is 5.82 Å². The maximum absolute atomic E-state index is 14.3. The Morgan fingerprint density at radius 2 is 1.77 bits per heavy atom. The Balaban J connectivity index is 1.48. The second-order valence-corrected chi connectivity index (χ2v) is 8.38. The molecule has 0 saturated carbocycles. The van der Waals surface area contributed by atoms with E-state index in [4.69, 9.17) is 4.74 Å². The number of hydrogen-bond acceptors (Lipinski definition) is 1. The van der Waals surface area contributed by atoms with E-state index in [0.29, 0.717) is 30.9 Å². The minimum Gasteiger partial charge on any atom is -0.490 e. The second-order valence-electron chi connectivity index (χ2n) is 8.38. The molecule has 1 aliphatic carbocycles. The Morgan fingerprint density at radius 1 is 0.968 bits per heavy atom. The van der Waals surface area contributed by atoms with E-state index in [9.17, 15) is 8.78 Å². The van der Waals surface area contributed by atoms with Crippen LogP contribution in [0.2, 0.25) is 0 Å². The van der Waals surface area contributed by atoms with Crippen molar-refractivity contribution < 1.29 is 13.5 Å². The first-order valence-corrected chi connectivity index (χ1v) is 11.7. The molecule has 0 aromatic heterocycles. The van der Waals surface area contributed by atoms with E-state index in [-0.39, 0.29) is 5.75 Å². The molecule has 3 heteroatoms. The molecule has 0 N–H and O–H groups in total. The number of rotatable bonds is 10. The molecule has 2 aromatic rings. The van der Waals surface area contributed by atoms with Crippen LogP contribution in [-0.4, -0.2) is 6.61 Å². The number of hydrogen-bond donors (Lipinski definition) is 0. The Hall–Kier alpha value is -2.42. The lowest BCUT2D eigenvalue weighted by Gasteiger charge is -2.19. The lowest BCUT2D eigenvalue weighted by molar-refractivity contribution is 0.294. The van der Waals surface area contributed by atoms with Gasteiger partial charge in [-0.25, -0.2) is 4.39 Å². The summed E-state index contributed by atoms with van der Waals surface area (Å²) >= 11 is 0. The summed E-state index contributed by atoms with van der Waals surface area (Å²) in [4.78, 5) is 0. The zero-order valence-electron chi connectivity index (χ0n) is 18.8. The molecule has 166 valence electrons. The molecule has 1 unspecified atom stereocenters. The van der Waals surface area contributed by atoms with Crippen LogP contribution in [0.3, 0.4) is 0 Å². The molecule has 1 aliphatic rings. The average molecular weight is 425 g/mol. The van der Waals surface area contributed by atoms with Gasteiger partial charge >= 0.3 is 0 Å². The van der Waals surface area contributed by atoms with E-state index in [2.05, 4.69) is 49.4 Å². The highest BCUT2D eigenvalue weighted by molar-refractivity contribution is 5.66. The van der Waals surface area contributed by atoms with Gasteiger partial charge in [0.15, 0.2) is 11.6 Å². The van der Waals surface area contributed by atoms with Crippen molar-refractivity contribution in [1.29, 1.82) is 0 Å². The first-order chi connectivity index (χ1) is 15.1. The first kappa shape index (κ1) is 23.2. The summed E-state index contributed by atoms with van der Waals surface area (Å²) in [5.74, 6) is -1.13. The van der Waals surface area contributed by atoms with Gasteiger partial charge in [0.25, 0.3) is 0 Å². The van der Waals surface area contributed by atoms with Crippen LogP contribution < -0.4 is 4.74 Å². The zero-order valence-corrected chi connectivity index (χ0v) is 18.8. The molecule has 0 saturated heterocycles. The summed E-state index contributed by atoms with van der Waals surface area (Å²) in [6.45, 7) is 4.53. The van der Waals surface area contributed by atoms with E-state index in [1.54, 1.807) is 6.07 Å². The number of aryl methyl sites for hydroxylation is 2. The summed E-state index contributed by atoms with van der Waals surface area (Å²) < 4.78 is 33.6. The average Bonchev–Trinajstić information content (AvgIpc) is 2.80. The fourth-order valence-electron chi connectivity index (χ4n) is 4.08. The Labute approximate surface area is 185 Å². The van der Waals surface area contributed by atoms with Gasteiger partial charge in [-0.05, 0) is 79.2 Å². The molecule has 0 aliphatic heterocycles. The SMILES string of the molecule is CCCOc1ccc(CC/C=C/C2CC=C(c3ccc(CCC)cc3)CC2)c(F)c1F. The molecular weight excluding hydrogens is 390 g/mol. The van der Waals surface area contributed by atoms with Crippen LogP contribution in [0.5, 0.6) is 5.75 Å². The van der Waals surface area contributed by atoms with Crippen molar-refractivity contribution in [2.24, 2.45) is 5.92 Å². The normalized spacial score (nSPS) is 16.5. The van der Waals surface area contributed by atoms with Gasteiger partial charge in [-0.1, -0.05) is 68.8 Å². The quantitative estimate of drug-likeness (QED) is 0.350. The Kier molecular flexibility index (Phi) is 8.87. The molecule has 0 spiro atoms. The number of benzene rings is 2.